The summed E-state index contributed by atoms with van der Waals surface area (Å²) in [7, 11) is 2.98. The van der Waals surface area contributed by atoms with Crippen LogP contribution in [0.3, 0.4) is 0 Å². The molecular formula is C20H20N2O5. The number of hydrogen-bond donors (Lipinski definition) is 2. The van der Waals surface area contributed by atoms with Gasteiger partial charge in [-0.3, -0.25) is 4.79 Å². The summed E-state index contributed by atoms with van der Waals surface area (Å²) >= 11 is 0. The van der Waals surface area contributed by atoms with Crippen molar-refractivity contribution < 1.29 is 24.1 Å². The highest BCUT2D eigenvalue weighted by Crippen LogP contribution is 2.29. The van der Waals surface area contributed by atoms with E-state index in [2.05, 4.69) is 5.32 Å². The van der Waals surface area contributed by atoms with Crippen molar-refractivity contribution in [2.45, 2.75) is 0 Å². The molecule has 2 N–H and O–H groups in total. The molecule has 27 heavy (non-hydrogen) atoms. The first-order valence-electron chi connectivity index (χ1n) is 8.10. The lowest BCUT2D eigenvalue weighted by Crippen LogP contribution is -2.14. The third kappa shape index (κ3) is 5.23. The summed E-state index contributed by atoms with van der Waals surface area (Å²) in [5.74, 6) is 0.831. The minimum atomic E-state index is -0.554. The van der Waals surface area contributed by atoms with Gasteiger partial charge in [0.25, 0.3) is 5.91 Å². The van der Waals surface area contributed by atoms with Crippen LogP contribution in [-0.4, -0.2) is 38.4 Å². The van der Waals surface area contributed by atoms with E-state index in [1.165, 1.54) is 20.3 Å². The summed E-state index contributed by atoms with van der Waals surface area (Å²) in [6.07, 6.45) is 1.45. The summed E-state index contributed by atoms with van der Waals surface area (Å²) in [5, 5.41) is 20.9. The fourth-order valence-corrected chi connectivity index (χ4v) is 2.30. The molecule has 0 saturated heterocycles. The van der Waals surface area contributed by atoms with Crippen molar-refractivity contribution in [3.8, 4) is 23.3 Å². The fraction of sp³-hybridized carbons (Fsp3) is 0.200. The Balaban J connectivity index is 2.24. The predicted octanol–water partition coefficient (Wildman–Crippen LogP) is 2.62. The number of benzene rings is 2. The van der Waals surface area contributed by atoms with Crippen molar-refractivity contribution >= 4 is 17.7 Å². The van der Waals surface area contributed by atoms with E-state index >= 15 is 0 Å². The Labute approximate surface area is 157 Å². The van der Waals surface area contributed by atoms with Gasteiger partial charge in [-0.25, -0.2) is 0 Å². The number of para-hydroxylation sites is 2. The van der Waals surface area contributed by atoms with Crippen LogP contribution in [0.2, 0.25) is 0 Å². The highest BCUT2D eigenvalue weighted by Gasteiger charge is 2.13. The molecule has 7 nitrogen and oxygen atoms in total. The molecule has 0 aliphatic heterocycles. The molecule has 0 unspecified atom stereocenters. The molecular weight excluding hydrogens is 348 g/mol. The van der Waals surface area contributed by atoms with Crippen LogP contribution in [0.15, 0.2) is 48.0 Å². The smallest absolute Gasteiger partial charge is 0.266 e. The Kier molecular flexibility index (Phi) is 7.23. The van der Waals surface area contributed by atoms with Crippen molar-refractivity contribution in [1.29, 1.82) is 5.26 Å². The Bertz CT molecular complexity index is 871. The summed E-state index contributed by atoms with van der Waals surface area (Å²) in [4.78, 5) is 12.4. The van der Waals surface area contributed by atoms with Gasteiger partial charge < -0.3 is 24.6 Å². The second-order valence-corrected chi connectivity index (χ2v) is 5.31. The van der Waals surface area contributed by atoms with Gasteiger partial charge >= 0.3 is 0 Å². The number of carbonyl (C=O) groups excluding carboxylic acids is 1. The van der Waals surface area contributed by atoms with E-state index in [-0.39, 0.29) is 18.8 Å². The standard InChI is InChI=1S/C20H20N2O5/c1-25-17-6-4-3-5-16(17)22-20(24)15(13-21)11-14-7-8-18(27-10-9-23)19(12-14)26-2/h3-8,11-12,23H,9-10H2,1-2H3,(H,22,24). The first kappa shape index (κ1) is 19.8. The maximum absolute atomic E-state index is 12.4. The van der Waals surface area contributed by atoms with Crippen LogP contribution in [0.1, 0.15) is 5.56 Å². The molecule has 0 fully saturated rings. The molecule has 0 aliphatic carbocycles. The van der Waals surface area contributed by atoms with Gasteiger partial charge in [0.2, 0.25) is 0 Å². The lowest BCUT2D eigenvalue weighted by molar-refractivity contribution is -0.112. The second kappa shape index (κ2) is 9.85. The molecule has 7 heteroatoms. The van der Waals surface area contributed by atoms with Gasteiger partial charge in [0.05, 0.1) is 26.5 Å². The Hall–Kier alpha value is -3.50. The Morgan fingerprint density at radius 3 is 2.56 bits per heavy atom. The molecule has 0 spiro atoms. The maximum Gasteiger partial charge on any atom is 0.266 e. The zero-order valence-electron chi connectivity index (χ0n) is 15.1. The lowest BCUT2D eigenvalue weighted by atomic mass is 10.1. The number of rotatable bonds is 8. The summed E-state index contributed by atoms with van der Waals surface area (Å²) < 4.78 is 15.8. The molecule has 1 amide bonds. The first-order valence-corrected chi connectivity index (χ1v) is 8.10. The van der Waals surface area contributed by atoms with Crippen LogP contribution in [0.5, 0.6) is 17.2 Å². The number of ether oxygens (including phenoxy) is 3. The number of aliphatic hydroxyl groups excluding tert-OH is 1. The summed E-state index contributed by atoms with van der Waals surface area (Å²) in [6, 6.07) is 13.8. The molecule has 140 valence electrons. The molecule has 2 aromatic rings. The number of methoxy groups -OCH3 is 2. The van der Waals surface area contributed by atoms with E-state index < -0.39 is 5.91 Å². The van der Waals surface area contributed by atoms with Crippen LogP contribution in [0, 0.1) is 11.3 Å². The van der Waals surface area contributed by atoms with Gasteiger partial charge in [0.1, 0.15) is 24.0 Å². The zero-order valence-corrected chi connectivity index (χ0v) is 15.1. The van der Waals surface area contributed by atoms with Crippen LogP contribution in [0.25, 0.3) is 6.08 Å². The van der Waals surface area contributed by atoms with E-state index in [0.717, 1.165) is 0 Å². The Morgan fingerprint density at radius 1 is 1.15 bits per heavy atom. The largest absolute Gasteiger partial charge is 0.495 e. The average molecular weight is 368 g/mol. The van der Waals surface area contributed by atoms with E-state index in [4.69, 9.17) is 19.3 Å². The molecule has 2 aromatic carbocycles. The third-order valence-corrected chi connectivity index (χ3v) is 3.57. The molecule has 0 radical (unpaired) electrons. The van der Waals surface area contributed by atoms with Gasteiger partial charge in [-0.1, -0.05) is 18.2 Å². The quantitative estimate of drug-likeness (QED) is 0.549. The highest BCUT2D eigenvalue weighted by molar-refractivity contribution is 6.10. The van der Waals surface area contributed by atoms with Crippen molar-refractivity contribution in [3.05, 3.63) is 53.6 Å². The number of amides is 1. The van der Waals surface area contributed by atoms with Crippen LogP contribution < -0.4 is 19.5 Å². The van der Waals surface area contributed by atoms with Gasteiger partial charge in [-0.15, -0.1) is 0 Å². The average Bonchev–Trinajstić information content (AvgIpc) is 2.71. The minimum absolute atomic E-state index is 0.0769. The lowest BCUT2D eigenvalue weighted by Gasteiger charge is -2.11. The SMILES string of the molecule is COc1ccccc1NC(=O)C(C#N)=Cc1ccc(OCCO)c(OC)c1. The van der Waals surface area contributed by atoms with Gasteiger partial charge in [0.15, 0.2) is 11.5 Å². The van der Waals surface area contributed by atoms with Crippen molar-refractivity contribution in [3.63, 3.8) is 0 Å². The number of nitriles is 1. The van der Waals surface area contributed by atoms with Crippen LogP contribution in [0.4, 0.5) is 5.69 Å². The number of anilines is 1. The van der Waals surface area contributed by atoms with Crippen molar-refractivity contribution in [2.24, 2.45) is 0 Å². The van der Waals surface area contributed by atoms with Gasteiger partial charge in [0, 0.05) is 0 Å². The first-order chi connectivity index (χ1) is 13.1. The summed E-state index contributed by atoms with van der Waals surface area (Å²) in [6.45, 7) is 0.0167. The topological polar surface area (TPSA) is 101 Å². The number of nitrogens with zero attached hydrogens (tertiary/aromatic N) is 1. The van der Waals surface area contributed by atoms with Crippen LogP contribution in [-0.2, 0) is 4.79 Å². The number of nitrogens with one attached hydrogen (secondary N) is 1. The van der Waals surface area contributed by atoms with E-state index in [0.29, 0.717) is 28.5 Å². The van der Waals surface area contributed by atoms with E-state index in [1.807, 2.05) is 6.07 Å². The second-order valence-electron chi connectivity index (χ2n) is 5.31. The van der Waals surface area contributed by atoms with Gasteiger partial charge in [-0.05, 0) is 35.9 Å². The summed E-state index contributed by atoms with van der Waals surface area (Å²) in [5.41, 5.74) is 0.985. The fourth-order valence-electron chi connectivity index (χ4n) is 2.30. The highest BCUT2D eigenvalue weighted by atomic mass is 16.5. The maximum atomic E-state index is 12.4. The zero-order chi connectivity index (χ0) is 19.6. The number of hydrogen-bond acceptors (Lipinski definition) is 6. The monoisotopic (exact) mass is 368 g/mol. The van der Waals surface area contributed by atoms with Crippen molar-refractivity contribution in [2.75, 3.05) is 32.8 Å². The molecule has 0 bridgehead atoms. The predicted molar refractivity (Wildman–Crippen MR) is 101 cm³/mol. The van der Waals surface area contributed by atoms with Gasteiger partial charge in [-0.2, -0.15) is 5.26 Å². The van der Waals surface area contributed by atoms with Crippen LogP contribution >= 0.6 is 0 Å². The molecule has 0 aliphatic rings. The molecule has 0 saturated carbocycles. The molecule has 0 heterocycles. The molecule has 2 rings (SSSR count). The minimum Gasteiger partial charge on any atom is -0.495 e. The Morgan fingerprint density at radius 2 is 1.89 bits per heavy atom. The third-order valence-electron chi connectivity index (χ3n) is 3.57. The molecule has 0 atom stereocenters. The number of carbonyl (C=O) groups is 1. The van der Waals surface area contributed by atoms with E-state index in [9.17, 15) is 10.1 Å². The normalized spacial score (nSPS) is 10.7. The van der Waals surface area contributed by atoms with E-state index in [1.54, 1.807) is 42.5 Å². The van der Waals surface area contributed by atoms with Crippen molar-refractivity contribution in [1.82, 2.24) is 0 Å². The molecule has 0 aromatic heterocycles. The number of aliphatic hydroxyl groups is 1.